The van der Waals surface area contributed by atoms with E-state index in [9.17, 15) is 0 Å². The van der Waals surface area contributed by atoms with Crippen molar-refractivity contribution in [2.45, 2.75) is 24.7 Å². The van der Waals surface area contributed by atoms with Crippen molar-refractivity contribution in [2.24, 2.45) is 4.99 Å². The third kappa shape index (κ3) is 3.58. The summed E-state index contributed by atoms with van der Waals surface area (Å²) in [5.41, 5.74) is 0. The third-order valence-corrected chi connectivity index (χ3v) is 3.40. The molecule has 0 aromatic rings. The highest BCUT2D eigenvalue weighted by molar-refractivity contribution is 5.79. The zero-order valence-electron chi connectivity index (χ0n) is 12.4. The molecule has 0 N–H and O–H groups in total. The maximum atomic E-state index is 6.05. The van der Waals surface area contributed by atoms with Crippen molar-refractivity contribution in [1.82, 2.24) is 9.80 Å². The lowest BCUT2D eigenvalue weighted by molar-refractivity contribution is -0.210. The lowest BCUT2D eigenvalue weighted by Gasteiger charge is -2.31. The van der Waals surface area contributed by atoms with Gasteiger partial charge in [0.25, 0.3) is 0 Å². The summed E-state index contributed by atoms with van der Waals surface area (Å²) in [6, 6.07) is 0. The fourth-order valence-corrected chi connectivity index (χ4v) is 2.52. The van der Waals surface area contributed by atoms with Crippen LogP contribution in [-0.2, 0) is 14.2 Å². The number of hydrogen-bond donors (Lipinski definition) is 0. The SMILES string of the molecule is CN(C)C(=NCC1COC2(CCOCC2)O1)N(C)C. The van der Waals surface area contributed by atoms with Gasteiger partial charge in [-0.3, -0.25) is 4.99 Å². The highest BCUT2D eigenvalue weighted by atomic mass is 16.7. The molecule has 1 spiro atoms. The van der Waals surface area contributed by atoms with Crippen molar-refractivity contribution in [3.05, 3.63) is 0 Å². The Morgan fingerprint density at radius 1 is 1.16 bits per heavy atom. The zero-order valence-corrected chi connectivity index (χ0v) is 12.4. The first kappa shape index (κ1) is 14.6. The summed E-state index contributed by atoms with van der Waals surface area (Å²) < 4.78 is 17.3. The molecule has 2 aliphatic heterocycles. The van der Waals surface area contributed by atoms with Gasteiger partial charge in [-0.1, -0.05) is 0 Å². The second-order valence-electron chi connectivity index (χ2n) is 5.50. The summed E-state index contributed by atoms with van der Waals surface area (Å²) in [6.07, 6.45) is 1.69. The van der Waals surface area contributed by atoms with E-state index in [1.165, 1.54) is 0 Å². The Hall–Kier alpha value is -0.850. The van der Waals surface area contributed by atoms with Gasteiger partial charge >= 0.3 is 0 Å². The van der Waals surface area contributed by atoms with Gasteiger partial charge in [-0.05, 0) is 0 Å². The second-order valence-corrected chi connectivity index (χ2v) is 5.50. The molecule has 19 heavy (non-hydrogen) atoms. The molecule has 0 saturated carbocycles. The van der Waals surface area contributed by atoms with Crippen LogP contribution in [0, 0.1) is 0 Å². The van der Waals surface area contributed by atoms with E-state index in [1.54, 1.807) is 0 Å². The van der Waals surface area contributed by atoms with Crippen molar-refractivity contribution in [3.8, 4) is 0 Å². The molecule has 0 aromatic carbocycles. The summed E-state index contributed by atoms with van der Waals surface area (Å²) in [7, 11) is 7.96. The number of rotatable bonds is 2. The van der Waals surface area contributed by atoms with Crippen LogP contribution in [0.5, 0.6) is 0 Å². The Morgan fingerprint density at radius 3 is 2.37 bits per heavy atom. The molecule has 6 nitrogen and oxygen atoms in total. The predicted molar refractivity (Wildman–Crippen MR) is 73.3 cm³/mol. The molecule has 0 aromatic heterocycles. The van der Waals surface area contributed by atoms with Gasteiger partial charge in [0.1, 0.15) is 6.10 Å². The van der Waals surface area contributed by atoms with Gasteiger partial charge in [0.15, 0.2) is 11.7 Å². The molecule has 0 radical (unpaired) electrons. The monoisotopic (exact) mass is 271 g/mol. The van der Waals surface area contributed by atoms with Crippen molar-refractivity contribution in [3.63, 3.8) is 0 Å². The van der Waals surface area contributed by atoms with Gasteiger partial charge in [0, 0.05) is 41.0 Å². The van der Waals surface area contributed by atoms with Crippen LogP contribution in [0.25, 0.3) is 0 Å². The highest BCUT2D eigenvalue weighted by Crippen LogP contribution is 2.33. The van der Waals surface area contributed by atoms with E-state index in [0.29, 0.717) is 13.2 Å². The standard InChI is InChI=1S/C13H25N3O3/c1-15(2)12(16(3)4)14-9-11-10-18-13(19-11)5-7-17-8-6-13/h11H,5-10H2,1-4H3. The molecule has 6 heteroatoms. The van der Waals surface area contributed by atoms with Gasteiger partial charge in [-0.25, -0.2) is 0 Å². The Morgan fingerprint density at radius 2 is 1.79 bits per heavy atom. The molecule has 1 atom stereocenters. The fourth-order valence-electron chi connectivity index (χ4n) is 2.52. The van der Waals surface area contributed by atoms with Crippen LogP contribution in [0.3, 0.4) is 0 Å². The molecule has 2 heterocycles. The molecule has 2 fully saturated rings. The zero-order chi connectivity index (χ0) is 13.9. The van der Waals surface area contributed by atoms with Crippen LogP contribution in [0.1, 0.15) is 12.8 Å². The van der Waals surface area contributed by atoms with E-state index in [4.69, 9.17) is 14.2 Å². The molecule has 0 aliphatic carbocycles. The van der Waals surface area contributed by atoms with Crippen LogP contribution in [-0.4, -0.2) is 82.2 Å². The van der Waals surface area contributed by atoms with Crippen LogP contribution < -0.4 is 0 Å². The Bertz CT molecular complexity index is 315. The summed E-state index contributed by atoms with van der Waals surface area (Å²) >= 11 is 0. The largest absolute Gasteiger partial charge is 0.381 e. The first-order chi connectivity index (χ1) is 9.02. The highest BCUT2D eigenvalue weighted by Gasteiger charge is 2.42. The lowest BCUT2D eigenvalue weighted by Crippen LogP contribution is -2.38. The van der Waals surface area contributed by atoms with E-state index >= 15 is 0 Å². The van der Waals surface area contributed by atoms with Crippen molar-refractivity contribution in [1.29, 1.82) is 0 Å². The number of hydrogen-bond acceptors (Lipinski definition) is 4. The second kappa shape index (κ2) is 6.07. The number of aliphatic imine (C=N–C) groups is 1. The molecule has 1 unspecified atom stereocenters. The molecule has 0 bridgehead atoms. The smallest absolute Gasteiger partial charge is 0.195 e. The summed E-state index contributed by atoms with van der Waals surface area (Å²) in [6.45, 7) is 2.69. The normalized spacial score (nSPS) is 25.4. The molecular weight excluding hydrogens is 246 g/mol. The van der Waals surface area contributed by atoms with Gasteiger partial charge in [-0.2, -0.15) is 0 Å². The summed E-state index contributed by atoms with van der Waals surface area (Å²) in [5.74, 6) is 0.533. The third-order valence-electron chi connectivity index (χ3n) is 3.40. The van der Waals surface area contributed by atoms with Crippen molar-refractivity contribution in [2.75, 3.05) is 54.6 Å². The average Bonchev–Trinajstić information content (AvgIpc) is 2.72. The van der Waals surface area contributed by atoms with Gasteiger partial charge < -0.3 is 24.0 Å². The molecule has 0 amide bonds. The quantitative estimate of drug-likeness (QED) is 0.537. The minimum absolute atomic E-state index is 0.0491. The molecular formula is C13H25N3O3. The van der Waals surface area contributed by atoms with E-state index < -0.39 is 5.79 Å². The van der Waals surface area contributed by atoms with Crippen LogP contribution in [0.2, 0.25) is 0 Å². The number of nitrogens with zero attached hydrogens (tertiary/aromatic N) is 3. The maximum absolute atomic E-state index is 6.05. The maximum Gasteiger partial charge on any atom is 0.195 e. The van der Waals surface area contributed by atoms with E-state index in [0.717, 1.165) is 32.0 Å². The Balaban J connectivity index is 1.89. The Labute approximate surface area is 115 Å². The summed E-state index contributed by atoms with van der Waals surface area (Å²) in [4.78, 5) is 8.62. The first-order valence-corrected chi connectivity index (χ1v) is 6.81. The average molecular weight is 271 g/mol. The molecule has 110 valence electrons. The van der Waals surface area contributed by atoms with Crippen molar-refractivity contribution < 1.29 is 14.2 Å². The summed E-state index contributed by atoms with van der Waals surface area (Å²) in [5, 5.41) is 0. The minimum Gasteiger partial charge on any atom is -0.381 e. The molecule has 2 rings (SSSR count). The van der Waals surface area contributed by atoms with Crippen LogP contribution in [0.4, 0.5) is 0 Å². The van der Waals surface area contributed by atoms with E-state index in [-0.39, 0.29) is 6.10 Å². The first-order valence-electron chi connectivity index (χ1n) is 6.81. The van der Waals surface area contributed by atoms with Crippen LogP contribution in [0.15, 0.2) is 4.99 Å². The predicted octanol–water partition coefficient (Wildman–Crippen LogP) is 0.388. The van der Waals surface area contributed by atoms with Crippen LogP contribution >= 0.6 is 0 Å². The fraction of sp³-hybridized carbons (Fsp3) is 0.923. The van der Waals surface area contributed by atoms with Gasteiger partial charge in [0.05, 0.1) is 26.4 Å². The Kier molecular flexibility index (Phi) is 4.65. The van der Waals surface area contributed by atoms with E-state index in [2.05, 4.69) is 4.99 Å². The lowest BCUT2D eigenvalue weighted by atomic mass is 10.1. The van der Waals surface area contributed by atoms with Gasteiger partial charge in [0.2, 0.25) is 0 Å². The molecule has 2 aliphatic rings. The van der Waals surface area contributed by atoms with Gasteiger partial charge in [-0.15, -0.1) is 0 Å². The van der Waals surface area contributed by atoms with Crippen molar-refractivity contribution >= 4 is 5.96 Å². The minimum atomic E-state index is -0.408. The topological polar surface area (TPSA) is 46.5 Å². The van der Waals surface area contributed by atoms with E-state index in [1.807, 2.05) is 38.0 Å². The number of ether oxygens (including phenoxy) is 3. The molecule has 2 saturated heterocycles. The number of guanidine groups is 1.